The molecule has 1 heterocycles. The van der Waals surface area contributed by atoms with Crippen LogP contribution in [0.15, 0.2) is 12.7 Å². The Kier molecular flexibility index (Phi) is 4.78. The molecule has 0 saturated carbocycles. The van der Waals surface area contributed by atoms with E-state index in [9.17, 15) is 4.79 Å². The average Bonchev–Trinajstić information content (AvgIpc) is 2.64. The molecule has 15 heavy (non-hydrogen) atoms. The quantitative estimate of drug-likeness (QED) is 0.534. The molecular weight excluding hydrogens is 192 g/mol. The summed E-state index contributed by atoms with van der Waals surface area (Å²) in [5, 5.41) is 0. The second kappa shape index (κ2) is 5.88. The van der Waals surface area contributed by atoms with Crippen molar-refractivity contribution in [1.82, 2.24) is 4.90 Å². The largest absolute Gasteiger partial charge is 0.368 e. The Morgan fingerprint density at radius 1 is 1.80 bits per heavy atom. The van der Waals surface area contributed by atoms with Crippen molar-refractivity contribution < 1.29 is 9.53 Å². The molecule has 0 spiro atoms. The maximum atomic E-state index is 11.8. The number of carbonyl (C=O) groups excluding carboxylic acids is 1. The standard InChI is InChI=1S/C11H20N2O2/c1-3-4-7-15-9(2)11(14)13-6-5-10(12)8-13/h3,9-10H,1,4-8,12H2,2H3/t9?,10-/m0/s1. The smallest absolute Gasteiger partial charge is 0.251 e. The summed E-state index contributed by atoms with van der Waals surface area (Å²) >= 11 is 0. The first-order valence-corrected chi connectivity index (χ1v) is 5.42. The van der Waals surface area contributed by atoms with Crippen molar-refractivity contribution in [2.45, 2.75) is 31.9 Å². The number of carbonyl (C=O) groups is 1. The summed E-state index contributed by atoms with van der Waals surface area (Å²) in [5.41, 5.74) is 5.74. The molecule has 0 radical (unpaired) electrons. The first-order valence-electron chi connectivity index (χ1n) is 5.42. The fourth-order valence-corrected chi connectivity index (χ4v) is 1.64. The molecular formula is C11H20N2O2. The summed E-state index contributed by atoms with van der Waals surface area (Å²) in [5.74, 6) is 0.0482. The summed E-state index contributed by atoms with van der Waals surface area (Å²) in [6, 6.07) is 0.134. The number of nitrogens with zero attached hydrogens (tertiary/aromatic N) is 1. The fraction of sp³-hybridized carbons (Fsp3) is 0.727. The van der Waals surface area contributed by atoms with Gasteiger partial charge in [0.05, 0.1) is 6.61 Å². The van der Waals surface area contributed by atoms with Crippen LogP contribution in [0.25, 0.3) is 0 Å². The van der Waals surface area contributed by atoms with Gasteiger partial charge in [0, 0.05) is 19.1 Å². The zero-order valence-corrected chi connectivity index (χ0v) is 9.32. The topological polar surface area (TPSA) is 55.6 Å². The van der Waals surface area contributed by atoms with E-state index >= 15 is 0 Å². The van der Waals surface area contributed by atoms with E-state index in [-0.39, 0.29) is 18.1 Å². The fourth-order valence-electron chi connectivity index (χ4n) is 1.64. The highest BCUT2D eigenvalue weighted by molar-refractivity contribution is 5.80. The molecule has 0 aliphatic carbocycles. The molecule has 2 N–H and O–H groups in total. The molecule has 4 nitrogen and oxygen atoms in total. The number of ether oxygens (including phenoxy) is 1. The average molecular weight is 212 g/mol. The Hall–Kier alpha value is -0.870. The molecule has 0 bridgehead atoms. The summed E-state index contributed by atoms with van der Waals surface area (Å²) in [6.45, 7) is 7.36. The van der Waals surface area contributed by atoms with Crippen LogP contribution in [0, 0.1) is 0 Å². The molecule has 4 heteroatoms. The van der Waals surface area contributed by atoms with Gasteiger partial charge in [0.2, 0.25) is 0 Å². The highest BCUT2D eigenvalue weighted by atomic mass is 16.5. The maximum absolute atomic E-state index is 11.8. The Morgan fingerprint density at radius 3 is 3.07 bits per heavy atom. The summed E-state index contributed by atoms with van der Waals surface area (Å²) < 4.78 is 5.39. The van der Waals surface area contributed by atoms with Crippen LogP contribution in [0.1, 0.15) is 19.8 Å². The Bertz CT molecular complexity index is 231. The third kappa shape index (κ3) is 3.64. The lowest BCUT2D eigenvalue weighted by Gasteiger charge is -2.20. The highest BCUT2D eigenvalue weighted by Crippen LogP contribution is 2.10. The van der Waals surface area contributed by atoms with E-state index in [1.165, 1.54) is 0 Å². The van der Waals surface area contributed by atoms with Gasteiger partial charge in [-0.25, -0.2) is 0 Å². The van der Waals surface area contributed by atoms with Gasteiger partial charge in [0.25, 0.3) is 5.91 Å². The molecule has 1 amide bonds. The van der Waals surface area contributed by atoms with Crippen LogP contribution in [0.5, 0.6) is 0 Å². The lowest BCUT2D eigenvalue weighted by molar-refractivity contribution is -0.141. The van der Waals surface area contributed by atoms with E-state index in [1.54, 1.807) is 17.9 Å². The van der Waals surface area contributed by atoms with E-state index in [0.29, 0.717) is 13.2 Å². The minimum atomic E-state index is -0.366. The predicted molar refractivity (Wildman–Crippen MR) is 59.4 cm³/mol. The van der Waals surface area contributed by atoms with E-state index in [0.717, 1.165) is 19.4 Å². The van der Waals surface area contributed by atoms with Crippen LogP contribution in [-0.2, 0) is 9.53 Å². The zero-order chi connectivity index (χ0) is 11.3. The lowest BCUT2D eigenvalue weighted by Crippen LogP contribution is -2.39. The van der Waals surface area contributed by atoms with E-state index in [2.05, 4.69) is 6.58 Å². The van der Waals surface area contributed by atoms with Crippen LogP contribution >= 0.6 is 0 Å². The van der Waals surface area contributed by atoms with Crippen molar-refractivity contribution in [2.24, 2.45) is 5.73 Å². The van der Waals surface area contributed by atoms with Crippen molar-refractivity contribution in [2.75, 3.05) is 19.7 Å². The monoisotopic (exact) mass is 212 g/mol. The van der Waals surface area contributed by atoms with E-state index in [1.807, 2.05) is 0 Å². The van der Waals surface area contributed by atoms with Crippen LogP contribution < -0.4 is 5.73 Å². The summed E-state index contributed by atoms with van der Waals surface area (Å²) in [7, 11) is 0. The van der Waals surface area contributed by atoms with Crippen molar-refractivity contribution in [3.8, 4) is 0 Å². The van der Waals surface area contributed by atoms with Crippen molar-refractivity contribution in [3.05, 3.63) is 12.7 Å². The number of amides is 1. The second-order valence-corrected chi connectivity index (χ2v) is 3.92. The van der Waals surface area contributed by atoms with Crippen molar-refractivity contribution in [3.63, 3.8) is 0 Å². The first-order chi connectivity index (χ1) is 7.15. The Labute approximate surface area is 91.1 Å². The van der Waals surface area contributed by atoms with Gasteiger partial charge in [-0.15, -0.1) is 6.58 Å². The Morgan fingerprint density at radius 2 is 2.53 bits per heavy atom. The van der Waals surface area contributed by atoms with Crippen LogP contribution in [0.4, 0.5) is 0 Å². The first kappa shape index (κ1) is 12.2. The lowest BCUT2D eigenvalue weighted by atomic mass is 10.3. The number of hydrogen-bond donors (Lipinski definition) is 1. The van der Waals surface area contributed by atoms with Gasteiger partial charge in [-0.05, 0) is 19.8 Å². The molecule has 0 aromatic carbocycles. The van der Waals surface area contributed by atoms with Gasteiger partial charge in [0.1, 0.15) is 6.10 Å². The van der Waals surface area contributed by atoms with E-state index in [4.69, 9.17) is 10.5 Å². The van der Waals surface area contributed by atoms with Gasteiger partial charge < -0.3 is 15.4 Å². The molecule has 1 fully saturated rings. The molecule has 1 aliphatic rings. The second-order valence-electron chi connectivity index (χ2n) is 3.92. The van der Waals surface area contributed by atoms with Gasteiger partial charge in [-0.1, -0.05) is 6.08 Å². The minimum absolute atomic E-state index is 0.0482. The van der Waals surface area contributed by atoms with E-state index < -0.39 is 0 Å². The molecule has 2 atom stereocenters. The molecule has 0 aromatic rings. The number of likely N-dealkylation sites (tertiary alicyclic amines) is 1. The van der Waals surface area contributed by atoms with Crippen LogP contribution in [0.2, 0.25) is 0 Å². The zero-order valence-electron chi connectivity index (χ0n) is 9.32. The third-order valence-electron chi connectivity index (χ3n) is 2.57. The van der Waals surface area contributed by atoms with Crippen molar-refractivity contribution in [1.29, 1.82) is 0 Å². The van der Waals surface area contributed by atoms with Gasteiger partial charge >= 0.3 is 0 Å². The normalized spacial score (nSPS) is 22.8. The van der Waals surface area contributed by atoms with Gasteiger partial charge in [-0.3, -0.25) is 4.79 Å². The van der Waals surface area contributed by atoms with Gasteiger partial charge in [0.15, 0.2) is 0 Å². The van der Waals surface area contributed by atoms with Crippen molar-refractivity contribution >= 4 is 5.91 Å². The SMILES string of the molecule is C=CCCOC(C)C(=O)N1CC[C@H](N)C1. The number of hydrogen-bond acceptors (Lipinski definition) is 3. The molecule has 1 saturated heterocycles. The van der Waals surface area contributed by atoms with Crippen LogP contribution in [-0.4, -0.2) is 42.6 Å². The maximum Gasteiger partial charge on any atom is 0.251 e. The Balaban J connectivity index is 2.29. The molecule has 1 unspecified atom stereocenters. The summed E-state index contributed by atoms with van der Waals surface area (Å²) in [4.78, 5) is 13.6. The molecule has 0 aromatic heterocycles. The minimum Gasteiger partial charge on any atom is -0.368 e. The molecule has 1 aliphatic heterocycles. The van der Waals surface area contributed by atoms with Gasteiger partial charge in [-0.2, -0.15) is 0 Å². The highest BCUT2D eigenvalue weighted by Gasteiger charge is 2.27. The molecule has 1 rings (SSSR count). The number of rotatable bonds is 5. The summed E-state index contributed by atoms with van der Waals surface area (Å²) in [6.07, 6.45) is 3.08. The number of nitrogens with two attached hydrogens (primary N) is 1. The third-order valence-corrected chi connectivity index (χ3v) is 2.57. The van der Waals surface area contributed by atoms with Crippen LogP contribution in [0.3, 0.4) is 0 Å². The predicted octanol–water partition coefficient (Wildman–Crippen LogP) is 0.527. The molecule has 86 valence electrons.